The van der Waals surface area contributed by atoms with Crippen molar-refractivity contribution in [3.8, 4) is 0 Å². The summed E-state index contributed by atoms with van der Waals surface area (Å²) in [6.45, 7) is 9.07. The normalized spacial score (nSPS) is 19.6. The summed E-state index contributed by atoms with van der Waals surface area (Å²) in [4.78, 5) is 6.70. The average molecular weight is 298 g/mol. The summed E-state index contributed by atoms with van der Waals surface area (Å²) in [6.07, 6.45) is 3.11. The van der Waals surface area contributed by atoms with Crippen molar-refractivity contribution >= 4 is 17.4 Å². The maximum absolute atomic E-state index is 6.24. The van der Waals surface area contributed by atoms with Gasteiger partial charge in [-0.3, -0.25) is 0 Å². The molecule has 0 radical (unpaired) electrons. The van der Waals surface area contributed by atoms with E-state index in [-0.39, 0.29) is 5.54 Å². The number of pyridine rings is 1. The van der Waals surface area contributed by atoms with Gasteiger partial charge in [0.1, 0.15) is 5.82 Å². The molecule has 0 bridgehead atoms. The summed E-state index contributed by atoms with van der Waals surface area (Å²) < 4.78 is 5.40. The maximum Gasteiger partial charge on any atom is 0.128 e. The summed E-state index contributed by atoms with van der Waals surface area (Å²) in [5.41, 5.74) is 1.16. The third kappa shape index (κ3) is 4.08. The fourth-order valence-electron chi connectivity index (χ4n) is 2.27. The minimum Gasteiger partial charge on any atom is -0.380 e. The van der Waals surface area contributed by atoms with Gasteiger partial charge in [0.05, 0.1) is 11.1 Å². The molecule has 112 valence electrons. The van der Waals surface area contributed by atoms with Gasteiger partial charge in [0.25, 0.3) is 0 Å². The lowest BCUT2D eigenvalue weighted by molar-refractivity contribution is 0.121. The first-order chi connectivity index (χ1) is 9.39. The summed E-state index contributed by atoms with van der Waals surface area (Å²) in [6, 6.07) is 2.08. The number of methoxy groups -OCH3 is 1. The quantitative estimate of drug-likeness (QED) is 0.927. The second-order valence-corrected chi connectivity index (χ2v) is 6.74. The minimum absolute atomic E-state index is 0.0710. The standard InChI is InChI=1S/C15H24ClN3O/c1-15(2,3)18-8-11-7-14(17-9-13(11)16)19-6-5-12(10-19)20-4/h7,9,12,18H,5-6,8,10H2,1-4H3. The van der Waals surface area contributed by atoms with Crippen molar-refractivity contribution in [3.05, 3.63) is 22.8 Å². The third-order valence-corrected chi connectivity index (χ3v) is 3.87. The molecule has 1 aromatic rings. The number of nitrogens with zero attached hydrogens (tertiary/aromatic N) is 2. The van der Waals surface area contributed by atoms with Crippen molar-refractivity contribution in [1.29, 1.82) is 0 Å². The Hall–Kier alpha value is -0.840. The zero-order valence-electron chi connectivity index (χ0n) is 12.7. The second-order valence-electron chi connectivity index (χ2n) is 6.33. The first kappa shape index (κ1) is 15.5. The van der Waals surface area contributed by atoms with Gasteiger partial charge < -0.3 is 15.0 Å². The van der Waals surface area contributed by atoms with Gasteiger partial charge in [-0.25, -0.2) is 4.98 Å². The molecule has 4 nitrogen and oxygen atoms in total. The van der Waals surface area contributed by atoms with Gasteiger partial charge in [-0.2, -0.15) is 0 Å². The molecule has 1 fully saturated rings. The molecule has 1 atom stereocenters. The van der Waals surface area contributed by atoms with E-state index in [1.165, 1.54) is 0 Å². The molecule has 1 aromatic heterocycles. The number of ether oxygens (including phenoxy) is 1. The highest BCUT2D eigenvalue weighted by atomic mass is 35.5. The Bertz CT molecular complexity index is 459. The molecule has 1 unspecified atom stereocenters. The van der Waals surface area contributed by atoms with E-state index in [0.29, 0.717) is 11.1 Å². The Kier molecular flexibility index (Phi) is 4.89. The van der Waals surface area contributed by atoms with E-state index in [9.17, 15) is 0 Å². The number of anilines is 1. The highest BCUT2D eigenvalue weighted by Gasteiger charge is 2.23. The summed E-state index contributed by atoms with van der Waals surface area (Å²) in [5.74, 6) is 0.986. The van der Waals surface area contributed by atoms with Crippen LogP contribution in [0.4, 0.5) is 5.82 Å². The minimum atomic E-state index is 0.0710. The van der Waals surface area contributed by atoms with Crippen molar-refractivity contribution in [2.75, 3.05) is 25.1 Å². The summed E-state index contributed by atoms with van der Waals surface area (Å²) in [7, 11) is 1.77. The number of hydrogen-bond acceptors (Lipinski definition) is 4. The molecule has 0 saturated carbocycles. The smallest absolute Gasteiger partial charge is 0.128 e. The van der Waals surface area contributed by atoms with Gasteiger partial charge in [-0.05, 0) is 38.8 Å². The van der Waals surface area contributed by atoms with E-state index in [2.05, 4.69) is 42.0 Å². The van der Waals surface area contributed by atoms with Gasteiger partial charge in [-0.15, -0.1) is 0 Å². The van der Waals surface area contributed by atoms with E-state index in [1.54, 1.807) is 13.3 Å². The molecular formula is C15H24ClN3O. The number of aromatic nitrogens is 1. The molecule has 2 heterocycles. The molecule has 1 aliphatic heterocycles. The van der Waals surface area contributed by atoms with E-state index < -0.39 is 0 Å². The number of hydrogen-bond donors (Lipinski definition) is 1. The molecule has 0 spiro atoms. The zero-order valence-corrected chi connectivity index (χ0v) is 13.5. The number of nitrogens with one attached hydrogen (secondary N) is 1. The van der Waals surface area contributed by atoms with Crippen LogP contribution in [0.1, 0.15) is 32.8 Å². The molecule has 1 saturated heterocycles. The predicted molar refractivity (Wildman–Crippen MR) is 83.5 cm³/mol. The lowest BCUT2D eigenvalue weighted by atomic mass is 10.1. The molecular weight excluding hydrogens is 274 g/mol. The second kappa shape index (κ2) is 6.29. The van der Waals surface area contributed by atoms with Crippen LogP contribution >= 0.6 is 11.6 Å². The predicted octanol–water partition coefficient (Wildman–Crippen LogP) is 2.85. The third-order valence-electron chi connectivity index (χ3n) is 3.53. The van der Waals surface area contributed by atoms with Crippen molar-refractivity contribution in [2.45, 2.75) is 45.4 Å². The Morgan fingerprint density at radius 2 is 2.25 bits per heavy atom. The van der Waals surface area contributed by atoms with E-state index in [0.717, 1.165) is 37.4 Å². The fraction of sp³-hybridized carbons (Fsp3) is 0.667. The first-order valence-electron chi connectivity index (χ1n) is 7.06. The summed E-state index contributed by atoms with van der Waals surface area (Å²) in [5, 5.41) is 4.18. The molecule has 20 heavy (non-hydrogen) atoms. The van der Waals surface area contributed by atoms with E-state index >= 15 is 0 Å². The lowest BCUT2D eigenvalue weighted by Gasteiger charge is -2.22. The van der Waals surface area contributed by atoms with Crippen LogP contribution in [0, 0.1) is 0 Å². The lowest BCUT2D eigenvalue weighted by Crippen LogP contribution is -2.35. The summed E-state index contributed by atoms with van der Waals surface area (Å²) >= 11 is 6.24. The van der Waals surface area contributed by atoms with Crippen molar-refractivity contribution < 1.29 is 4.74 Å². The zero-order chi connectivity index (χ0) is 14.8. The van der Waals surface area contributed by atoms with Gasteiger partial charge >= 0.3 is 0 Å². The molecule has 1 N–H and O–H groups in total. The topological polar surface area (TPSA) is 37.4 Å². The highest BCUT2D eigenvalue weighted by molar-refractivity contribution is 6.31. The van der Waals surface area contributed by atoms with Gasteiger partial charge in [0.15, 0.2) is 0 Å². The largest absolute Gasteiger partial charge is 0.380 e. The van der Waals surface area contributed by atoms with Crippen LogP contribution in [0.5, 0.6) is 0 Å². The van der Waals surface area contributed by atoms with Crippen LogP contribution in [-0.4, -0.2) is 36.8 Å². The Labute approximate surface area is 126 Å². The monoisotopic (exact) mass is 297 g/mol. The number of halogens is 1. The Morgan fingerprint density at radius 3 is 2.85 bits per heavy atom. The number of rotatable bonds is 4. The van der Waals surface area contributed by atoms with Crippen molar-refractivity contribution in [1.82, 2.24) is 10.3 Å². The van der Waals surface area contributed by atoms with Crippen LogP contribution in [0.2, 0.25) is 5.02 Å². The Morgan fingerprint density at radius 1 is 1.50 bits per heavy atom. The van der Waals surface area contributed by atoms with Crippen molar-refractivity contribution in [2.24, 2.45) is 0 Å². The Balaban J connectivity index is 2.08. The van der Waals surface area contributed by atoms with Gasteiger partial charge in [-0.1, -0.05) is 11.6 Å². The maximum atomic E-state index is 6.24. The fourth-order valence-corrected chi connectivity index (χ4v) is 2.44. The van der Waals surface area contributed by atoms with Crippen LogP contribution in [0.25, 0.3) is 0 Å². The molecule has 2 rings (SSSR count). The van der Waals surface area contributed by atoms with Crippen LogP contribution in [0.3, 0.4) is 0 Å². The molecule has 0 aliphatic carbocycles. The van der Waals surface area contributed by atoms with Crippen molar-refractivity contribution in [3.63, 3.8) is 0 Å². The van der Waals surface area contributed by atoms with Gasteiger partial charge in [0, 0.05) is 38.5 Å². The van der Waals surface area contributed by atoms with Crippen LogP contribution < -0.4 is 10.2 Å². The van der Waals surface area contributed by atoms with E-state index in [1.807, 2.05) is 0 Å². The molecule has 5 heteroatoms. The van der Waals surface area contributed by atoms with E-state index in [4.69, 9.17) is 16.3 Å². The SMILES string of the molecule is COC1CCN(c2cc(CNC(C)(C)C)c(Cl)cn2)C1. The molecule has 0 aromatic carbocycles. The molecule has 0 amide bonds. The van der Waals surface area contributed by atoms with Crippen LogP contribution in [-0.2, 0) is 11.3 Å². The highest BCUT2D eigenvalue weighted by Crippen LogP contribution is 2.24. The van der Waals surface area contributed by atoms with Crippen LogP contribution in [0.15, 0.2) is 12.3 Å². The first-order valence-corrected chi connectivity index (χ1v) is 7.44. The molecule has 1 aliphatic rings. The average Bonchev–Trinajstić information content (AvgIpc) is 2.85. The van der Waals surface area contributed by atoms with Gasteiger partial charge in [0.2, 0.25) is 0 Å².